The summed E-state index contributed by atoms with van der Waals surface area (Å²) in [6.07, 6.45) is 0.756. The Morgan fingerprint density at radius 2 is 1.95 bits per heavy atom. The largest absolute Gasteiger partial charge is 0.328 e. The van der Waals surface area contributed by atoms with Crippen molar-refractivity contribution < 1.29 is 8.78 Å². The fourth-order valence-electron chi connectivity index (χ4n) is 2.53. The van der Waals surface area contributed by atoms with E-state index in [1.165, 1.54) is 17.2 Å². The zero-order valence-corrected chi connectivity index (χ0v) is 12.3. The first kappa shape index (κ1) is 13.9. The maximum absolute atomic E-state index is 13.7. The third kappa shape index (κ3) is 2.61. The lowest BCUT2D eigenvalue weighted by Gasteiger charge is -2.07. The van der Waals surface area contributed by atoms with Crippen LogP contribution in [0.25, 0.3) is 11.0 Å². The molecule has 0 aliphatic heterocycles. The zero-order chi connectivity index (χ0) is 15.0. The Kier molecular flexibility index (Phi) is 3.59. The van der Waals surface area contributed by atoms with E-state index in [0.717, 1.165) is 12.5 Å². The molecule has 1 heterocycles. The van der Waals surface area contributed by atoms with Crippen molar-refractivity contribution in [1.82, 2.24) is 9.55 Å². The Balaban J connectivity index is 2.00. The van der Waals surface area contributed by atoms with E-state index in [0.29, 0.717) is 16.8 Å². The lowest BCUT2D eigenvalue weighted by atomic mass is 10.1. The molecule has 0 saturated carbocycles. The summed E-state index contributed by atoms with van der Waals surface area (Å²) in [5.41, 5.74) is 3.11. The van der Waals surface area contributed by atoms with Gasteiger partial charge in [-0.25, -0.2) is 8.78 Å². The lowest BCUT2D eigenvalue weighted by molar-refractivity contribution is 0.589. The average Bonchev–Trinajstić information content (AvgIpc) is 2.75. The molecule has 0 unspecified atom stereocenters. The molecule has 0 saturated heterocycles. The van der Waals surface area contributed by atoms with Gasteiger partial charge in [-0.3, -0.25) is 0 Å². The highest BCUT2D eigenvalue weighted by molar-refractivity contribution is 7.71. The number of hydrogen-bond donors (Lipinski definition) is 1. The number of fused-ring (bicyclic) bond motifs is 1. The molecule has 1 aromatic heterocycles. The van der Waals surface area contributed by atoms with Gasteiger partial charge in [-0.2, -0.15) is 0 Å². The summed E-state index contributed by atoms with van der Waals surface area (Å²) < 4.78 is 29.3. The first-order valence-corrected chi connectivity index (χ1v) is 7.09. The molecule has 0 amide bonds. The normalized spacial score (nSPS) is 11.2. The number of benzene rings is 2. The molecule has 3 aromatic rings. The van der Waals surface area contributed by atoms with Crippen molar-refractivity contribution in [2.75, 3.05) is 0 Å². The van der Waals surface area contributed by atoms with Crippen molar-refractivity contribution in [2.24, 2.45) is 0 Å². The lowest BCUT2D eigenvalue weighted by Crippen LogP contribution is -2.02. The number of rotatable bonds is 3. The van der Waals surface area contributed by atoms with E-state index in [1.54, 1.807) is 4.57 Å². The molecule has 0 aliphatic carbocycles. The molecule has 1 N–H and O–H groups in total. The first-order valence-electron chi connectivity index (χ1n) is 6.68. The number of nitrogens with zero attached hydrogens (tertiary/aromatic N) is 1. The minimum Gasteiger partial charge on any atom is -0.328 e. The molecular formula is C16H14F2N2S. The summed E-state index contributed by atoms with van der Waals surface area (Å²) in [6, 6.07) is 10.2. The maximum Gasteiger partial charge on any atom is 0.178 e. The number of aromatic nitrogens is 2. The molecule has 0 atom stereocenters. The maximum atomic E-state index is 13.7. The SMILES string of the molecule is Cc1ccccc1CCn1c(=S)[nH]c2c(F)cc(F)cc21. The molecular weight excluding hydrogens is 290 g/mol. The molecule has 0 fully saturated rings. The second kappa shape index (κ2) is 5.41. The van der Waals surface area contributed by atoms with Gasteiger partial charge in [0.15, 0.2) is 10.6 Å². The highest BCUT2D eigenvalue weighted by Crippen LogP contribution is 2.20. The second-order valence-corrected chi connectivity index (χ2v) is 5.43. The van der Waals surface area contributed by atoms with E-state index in [4.69, 9.17) is 12.2 Å². The monoisotopic (exact) mass is 304 g/mol. The molecule has 0 bridgehead atoms. The molecule has 108 valence electrons. The van der Waals surface area contributed by atoms with Crippen molar-refractivity contribution >= 4 is 23.3 Å². The van der Waals surface area contributed by atoms with Crippen molar-refractivity contribution in [3.05, 3.63) is 63.9 Å². The van der Waals surface area contributed by atoms with Crippen molar-refractivity contribution in [2.45, 2.75) is 19.9 Å². The molecule has 2 aromatic carbocycles. The van der Waals surface area contributed by atoms with E-state index in [2.05, 4.69) is 11.1 Å². The van der Waals surface area contributed by atoms with Crippen LogP contribution in [0.1, 0.15) is 11.1 Å². The summed E-state index contributed by atoms with van der Waals surface area (Å²) in [4.78, 5) is 2.81. The van der Waals surface area contributed by atoms with Crippen LogP contribution in [0.5, 0.6) is 0 Å². The van der Waals surface area contributed by atoms with Crippen LogP contribution in [0.15, 0.2) is 36.4 Å². The fourth-order valence-corrected chi connectivity index (χ4v) is 2.82. The molecule has 2 nitrogen and oxygen atoms in total. The number of aromatic amines is 1. The van der Waals surface area contributed by atoms with E-state index in [-0.39, 0.29) is 5.52 Å². The van der Waals surface area contributed by atoms with Crippen LogP contribution in [-0.4, -0.2) is 9.55 Å². The minimum absolute atomic E-state index is 0.256. The Labute approximate surface area is 126 Å². The Morgan fingerprint density at radius 1 is 1.19 bits per heavy atom. The van der Waals surface area contributed by atoms with E-state index < -0.39 is 11.6 Å². The van der Waals surface area contributed by atoms with Crippen LogP contribution in [0.2, 0.25) is 0 Å². The number of nitrogens with one attached hydrogen (secondary N) is 1. The molecule has 0 spiro atoms. The van der Waals surface area contributed by atoms with Gasteiger partial charge in [0.25, 0.3) is 0 Å². The van der Waals surface area contributed by atoms with Crippen LogP contribution in [0, 0.1) is 23.3 Å². The van der Waals surface area contributed by atoms with E-state index in [9.17, 15) is 8.78 Å². The topological polar surface area (TPSA) is 20.7 Å². The predicted molar refractivity (Wildman–Crippen MR) is 81.9 cm³/mol. The fraction of sp³-hybridized carbons (Fsp3) is 0.188. The number of imidazole rings is 1. The number of aryl methyl sites for hydroxylation is 3. The van der Waals surface area contributed by atoms with Gasteiger partial charge in [0.2, 0.25) is 0 Å². The average molecular weight is 304 g/mol. The summed E-state index contributed by atoms with van der Waals surface area (Å²) in [7, 11) is 0. The van der Waals surface area contributed by atoms with Crippen molar-refractivity contribution in [3.63, 3.8) is 0 Å². The van der Waals surface area contributed by atoms with Gasteiger partial charge in [0, 0.05) is 12.6 Å². The van der Waals surface area contributed by atoms with Crippen LogP contribution >= 0.6 is 12.2 Å². The smallest absolute Gasteiger partial charge is 0.178 e. The van der Waals surface area contributed by atoms with Gasteiger partial charge in [-0.05, 0) is 42.8 Å². The summed E-state index contributed by atoms with van der Waals surface area (Å²) in [5, 5.41) is 0. The Bertz CT molecular complexity index is 864. The van der Waals surface area contributed by atoms with Crippen LogP contribution in [-0.2, 0) is 13.0 Å². The molecule has 0 radical (unpaired) electrons. The van der Waals surface area contributed by atoms with Crippen molar-refractivity contribution in [1.29, 1.82) is 0 Å². The molecule has 5 heteroatoms. The van der Waals surface area contributed by atoms with Gasteiger partial charge in [-0.1, -0.05) is 24.3 Å². The number of halogens is 2. The summed E-state index contributed by atoms with van der Waals surface area (Å²) in [5.74, 6) is -1.22. The number of H-pyrrole nitrogens is 1. The second-order valence-electron chi connectivity index (χ2n) is 5.04. The third-order valence-corrected chi connectivity index (χ3v) is 3.99. The molecule has 0 aliphatic rings. The van der Waals surface area contributed by atoms with Crippen LogP contribution in [0.4, 0.5) is 8.78 Å². The van der Waals surface area contributed by atoms with Crippen LogP contribution in [0.3, 0.4) is 0 Å². The molecule has 3 rings (SSSR count). The minimum atomic E-state index is -0.620. The highest BCUT2D eigenvalue weighted by atomic mass is 32.1. The van der Waals surface area contributed by atoms with Gasteiger partial charge < -0.3 is 9.55 Å². The van der Waals surface area contributed by atoms with Gasteiger partial charge in [-0.15, -0.1) is 0 Å². The Hall–Kier alpha value is -2.01. The Morgan fingerprint density at radius 3 is 2.71 bits per heavy atom. The quantitative estimate of drug-likeness (QED) is 0.705. The number of hydrogen-bond acceptors (Lipinski definition) is 1. The summed E-state index contributed by atoms with van der Waals surface area (Å²) in [6.45, 7) is 2.62. The first-order chi connectivity index (χ1) is 10.1. The van der Waals surface area contributed by atoms with Gasteiger partial charge >= 0.3 is 0 Å². The zero-order valence-electron chi connectivity index (χ0n) is 11.5. The summed E-state index contributed by atoms with van der Waals surface area (Å²) >= 11 is 5.22. The standard InChI is InChI=1S/C16H14F2N2S/c1-10-4-2-3-5-11(10)6-7-20-14-9-12(17)8-13(18)15(14)19-16(20)21/h2-5,8-9H,6-7H2,1H3,(H,19,21). The van der Waals surface area contributed by atoms with Gasteiger partial charge in [0.1, 0.15) is 11.3 Å². The van der Waals surface area contributed by atoms with E-state index >= 15 is 0 Å². The van der Waals surface area contributed by atoms with Crippen molar-refractivity contribution in [3.8, 4) is 0 Å². The highest BCUT2D eigenvalue weighted by Gasteiger charge is 2.11. The third-order valence-electron chi connectivity index (χ3n) is 3.67. The van der Waals surface area contributed by atoms with E-state index in [1.807, 2.05) is 25.1 Å². The van der Waals surface area contributed by atoms with Gasteiger partial charge in [0.05, 0.1) is 5.52 Å². The predicted octanol–water partition coefficient (Wildman–Crippen LogP) is 4.53. The van der Waals surface area contributed by atoms with Crippen LogP contribution < -0.4 is 0 Å². The molecule has 21 heavy (non-hydrogen) atoms.